The number of carbonyl (C=O) groups is 3. The van der Waals surface area contributed by atoms with Crippen LogP contribution in [0.25, 0.3) is 10.2 Å². The van der Waals surface area contributed by atoms with E-state index in [0.29, 0.717) is 35.1 Å². The maximum atomic E-state index is 12.7. The summed E-state index contributed by atoms with van der Waals surface area (Å²) in [5, 5.41) is 3.42. The highest BCUT2D eigenvalue weighted by atomic mass is 32.2. The Labute approximate surface area is 239 Å². The van der Waals surface area contributed by atoms with Crippen molar-refractivity contribution in [1.82, 2.24) is 4.57 Å². The summed E-state index contributed by atoms with van der Waals surface area (Å²) in [6.45, 7) is 5.58. The molecule has 0 bridgehead atoms. The number of thiazole rings is 1. The second kappa shape index (κ2) is 14.1. The zero-order valence-electron chi connectivity index (χ0n) is 22.4. The van der Waals surface area contributed by atoms with E-state index in [1.807, 2.05) is 29.7 Å². The minimum atomic E-state index is -0.396. The number of anilines is 1. The fourth-order valence-electron chi connectivity index (χ4n) is 4.40. The van der Waals surface area contributed by atoms with Crippen molar-refractivity contribution >= 4 is 67.4 Å². The molecule has 1 N–H and O–H groups in total. The molecule has 0 atom stereocenters. The quantitative estimate of drug-likeness (QED) is 0.305. The van der Waals surface area contributed by atoms with Gasteiger partial charge in [0.2, 0.25) is 5.91 Å². The number of thiophene rings is 1. The molecule has 1 aromatic carbocycles. The lowest BCUT2D eigenvalue weighted by atomic mass is 9.95. The van der Waals surface area contributed by atoms with Gasteiger partial charge in [0.25, 0.3) is 5.91 Å². The van der Waals surface area contributed by atoms with Crippen LogP contribution in [0.1, 0.15) is 47.5 Å². The highest BCUT2D eigenvalue weighted by molar-refractivity contribution is 8.00. The lowest BCUT2D eigenvalue weighted by Crippen LogP contribution is -2.20. The van der Waals surface area contributed by atoms with Gasteiger partial charge >= 0.3 is 5.97 Å². The topological polar surface area (TPSA) is 108 Å². The Morgan fingerprint density at radius 3 is 2.69 bits per heavy atom. The number of hydrogen-bond acceptors (Lipinski definition) is 9. The van der Waals surface area contributed by atoms with Gasteiger partial charge in [-0.05, 0) is 63.3 Å². The van der Waals surface area contributed by atoms with Crippen LogP contribution in [0.5, 0.6) is 5.75 Å². The SMILES string of the molecule is CCOC(=O)c1c(NC(=O)CSCC(=O)N=c2sc3cc(OCC)ccc3n2CCOC)sc2c1CCCC2. The molecule has 1 aliphatic carbocycles. The van der Waals surface area contributed by atoms with Gasteiger partial charge in [-0.1, -0.05) is 11.3 Å². The van der Waals surface area contributed by atoms with E-state index >= 15 is 0 Å². The first-order valence-electron chi connectivity index (χ1n) is 13.0. The highest BCUT2D eigenvalue weighted by Gasteiger charge is 2.27. The first kappa shape index (κ1) is 29.3. The Hall–Kier alpha value is -2.67. The molecule has 4 rings (SSSR count). The summed E-state index contributed by atoms with van der Waals surface area (Å²) >= 11 is 4.06. The van der Waals surface area contributed by atoms with Gasteiger partial charge in [-0.15, -0.1) is 23.1 Å². The van der Waals surface area contributed by atoms with E-state index in [9.17, 15) is 14.4 Å². The predicted octanol–water partition coefficient (Wildman–Crippen LogP) is 4.66. The summed E-state index contributed by atoms with van der Waals surface area (Å²) in [4.78, 5) is 44.1. The molecule has 1 aliphatic rings. The third kappa shape index (κ3) is 7.30. The van der Waals surface area contributed by atoms with Crippen LogP contribution in [0.4, 0.5) is 5.00 Å². The Bertz CT molecular complexity index is 1410. The normalized spacial score (nSPS) is 13.4. The second-order valence-electron chi connectivity index (χ2n) is 8.77. The summed E-state index contributed by atoms with van der Waals surface area (Å²) in [6, 6.07) is 5.81. The van der Waals surface area contributed by atoms with E-state index < -0.39 is 5.97 Å². The molecule has 2 heterocycles. The molecular formula is C27H33N3O6S3. The van der Waals surface area contributed by atoms with Crippen LogP contribution < -0.4 is 14.9 Å². The molecule has 0 unspecified atom stereocenters. The Morgan fingerprint density at radius 2 is 1.92 bits per heavy atom. The molecule has 0 fully saturated rings. The maximum Gasteiger partial charge on any atom is 0.341 e. The molecule has 2 aromatic heterocycles. The fourth-order valence-corrected chi connectivity index (χ4v) is 7.39. The van der Waals surface area contributed by atoms with E-state index in [2.05, 4.69) is 10.3 Å². The van der Waals surface area contributed by atoms with Crippen molar-refractivity contribution in [2.75, 3.05) is 43.8 Å². The minimum absolute atomic E-state index is 0.0574. The molecule has 0 spiro atoms. The van der Waals surface area contributed by atoms with Crippen molar-refractivity contribution in [1.29, 1.82) is 0 Å². The number of aromatic nitrogens is 1. The first-order chi connectivity index (χ1) is 18.9. The van der Waals surface area contributed by atoms with Crippen LogP contribution in [0.15, 0.2) is 23.2 Å². The van der Waals surface area contributed by atoms with Gasteiger partial charge in [-0.3, -0.25) is 9.59 Å². The predicted molar refractivity (Wildman–Crippen MR) is 156 cm³/mol. The Morgan fingerprint density at radius 1 is 1.10 bits per heavy atom. The number of esters is 1. The van der Waals surface area contributed by atoms with E-state index in [1.54, 1.807) is 14.0 Å². The number of amides is 2. The van der Waals surface area contributed by atoms with Crippen molar-refractivity contribution in [3.05, 3.63) is 39.0 Å². The number of nitrogens with one attached hydrogen (secondary N) is 1. The average Bonchev–Trinajstić information content (AvgIpc) is 3.44. The van der Waals surface area contributed by atoms with Gasteiger partial charge < -0.3 is 24.1 Å². The van der Waals surface area contributed by atoms with Gasteiger partial charge in [0, 0.05) is 18.5 Å². The minimum Gasteiger partial charge on any atom is -0.494 e. The van der Waals surface area contributed by atoms with Crippen molar-refractivity contribution in [3.8, 4) is 5.75 Å². The molecule has 9 nitrogen and oxygen atoms in total. The van der Waals surface area contributed by atoms with E-state index in [4.69, 9.17) is 14.2 Å². The smallest absolute Gasteiger partial charge is 0.341 e. The summed E-state index contributed by atoms with van der Waals surface area (Å²) < 4.78 is 19.0. The van der Waals surface area contributed by atoms with Crippen LogP contribution in [0, 0.1) is 0 Å². The number of thioether (sulfide) groups is 1. The van der Waals surface area contributed by atoms with Crippen molar-refractivity contribution < 1.29 is 28.6 Å². The van der Waals surface area contributed by atoms with Gasteiger partial charge in [-0.2, -0.15) is 4.99 Å². The fraction of sp³-hybridized carbons (Fsp3) is 0.481. The molecule has 0 saturated heterocycles. The van der Waals surface area contributed by atoms with Crippen LogP contribution in [0.2, 0.25) is 0 Å². The maximum absolute atomic E-state index is 12.7. The molecule has 0 radical (unpaired) electrons. The molecule has 3 aromatic rings. The van der Waals surface area contributed by atoms with Crippen LogP contribution >= 0.6 is 34.4 Å². The monoisotopic (exact) mass is 591 g/mol. The van der Waals surface area contributed by atoms with Crippen molar-refractivity contribution in [2.24, 2.45) is 4.99 Å². The largest absolute Gasteiger partial charge is 0.494 e. The number of ether oxygens (including phenoxy) is 3. The summed E-state index contributed by atoms with van der Waals surface area (Å²) in [7, 11) is 1.63. The van der Waals surface area contributed by atoms with E-state index in [1.165, 1.54) is 34.4 Å². The Balaban J connectivity index is 1.42. The van der Waals surface area contributed by atoms with E-state index in [0.717, 1.165) is 52.1 Å². The number of fused-ring (bicyclic) bond motifs is 2. The number of aryl methyl sites for hydroxylation is 1. The van der Waals surface area contributed by atoms with Crippen LogP contribution in [-0.2, 0) is 38.4 Å². The number of nitrogens with zero attached hydrogens (tertiary/aromatic N) is 2. The summed E-state index contributed by atoms with van der Waals surface area (Å²) in [5.74, 6) is -0.0942. The molecule has 0 saturated carbocycles. The number of benzene rings is 1. The number of rotatable bonds is 12. The molecule has 0 aliphatic heterocycles. The van der Waals surface area contributed by atoms with Gasteiger partial charge in [0.1, 0.15) is 10.8 Å². The van der Waals surface area contributed by atoms with Gasteiger partial charge in [0.05, 0.1) is 47.1 Å². The molecular weight excluding hydrogens is 559 g/mol. The third-order valence-electron chi connectivity index (χ3n) is 6.07. The number of hydrogen-bond donors (Lipinski definition) is 1. The lowest BCUT2D eigenvalue weighted by molar-refractivity contribution is -0.115. The van der Waals surface area contributed by atoms with Crippen LogP contribution in [0.3, 0.4) is 0 Å². The van der Waals surface area contributed by atoms with Crippen molar-refractivity contribution in [2.45, 2.75) is 46.1 Å². The lowest BCUT2D eigenvalue weighted by Gasteiger charge is -2.12. The number of carbonyl (C=O) groups excluding carboxylic acids is 3. The Kier molecular flexibility index (Phi) is 10.6. The number of methoxy groups -OCH3 is 1. The molecule has 2 amide bonds. The average molecular weight is 592 g/mol. The molecule has 210 valence electrons. The van der Waals surface area contributed by atoms with Crippen LogP contribution in [-0.4, -0.2) is 60.8 Å². The first-order valence-corrected chi connectivity index (χ1v) is 15.8. The van der Waals surface area contributed by atoms with Gasteiger partial charge in [0.15, 0.2) is 4.80 Å². The second-order valence-corrected chi connectivity index (χ2v) is 11.9. The zero-order chi connectivity index (χ0) is 27.8. The van der Waals surface area contributed by atoms with Gasteiger partial charge in [-0.25, -0.2) is 4.79 Å². The standard InChI is InChI=1S/C27H33N3O6S3/c1-4-35-17-10-11-19-21(14-17)39-27(30(19)12-13-34-3)29-23(32)16-37-15-22(31)28-25-24(26(33)36-5-2)18-8-6-7-9-20(18)38-25/h10-11,14H,4-9,12-13,15-16H2,1-3H3,(H,28,31). The zero-order valence-corrected chi connectivity index (χ0v) is 24.8. The summed E-state index contributed by atoms with van der Waals surface area (Å²) in [5.41, 5.74) is 2.44. The molecule has 39 heavy (non-hydrogen) atoms. The summed E-state index contributed by atoms with van der Waals surface area (Å²) in [6.07, 6.45) is 3.81. The van der Waals surface area contributed by atoms with Crippen molar-refractivity contribution in [3.63, 3.8) is 0 Å². The van der Waals surface area contributed by atoms with E-state index in [-0.39, 0.29) is 29.9 Å². The third-order valence-corrected chi connectivity index (χ3v) is 9.23. The highest BCUT2D eigenvalue weighted by Crippen LogP contribution is 2.38. The molecule has 12 heteroatoms.